The van der Waals surface area contributed by atoms with Crippen LogP contribution in [0.5, 0.6) is 0 Å². The van der Waals surface area contributed by atoms with Crippen LogP contribution >= 0.6 is 0 Å². The Morgan fingerprint density at radius 1 is 1.42 bits per heavy atom. The van der Waals surface area contributed by atoms with Gasteiger partial charge in [-0.05, 0) is 30.6 Å². The lowest BCUT2D eigenvalue weighted by Crippen LogP contribution is -2.38. The van der Waals surface area contributed by atoms with E-state index >= 15 is 0 Å². The minimum absolute atomic E-state index is 0.0123. The number of nitrogens with zero attached hydrogens (tertiary/aromatic N) is 2. The molecule has 19 heavy (non-hydrogen) atoms. The van der Waals surface area contributed by atoms with Crippen LogP contribution in [-0.4, -0.2) is 37.5 Å². The Labute approximate surface area is 116 Å². The zero-order valence-corrected chi connectivity index (χ0v) is 12.7. The van der Waals surface area contributed by atoms with E-state index in [-0.39, 0.29) is 6.10 Å². The Kier molecular flexibility index (Phi) is 6.12. The Hall–Kier alpha value is -1.26. The van der Waals surface area contributed by atoms with Crippen LogP contribution in [0.3, 0.4) is 0 Å². The molecule has 5 heteroatoms. The number of carbonyl (C=O) groups excluding carboxylic acids is 1. The Bertz CT molecular complexity index is 316. The van der Waals surface area contributed by atoms with Crippen LogP contribution in [0.25, 0.3) is 0 Å². The number of hydrogen-bond donors (Lipinski definition) is 1. The van der Waals surface area contributed by atoms with Crippen molar-refractivity contribution in [1.82, 2.24) is 10.3 Å². The summed E-state index contributed by atoms with van der Waals surface area (Å²) in [6.45, 7) is 6.60. The lowest BCUT2D eigenvalue weighted by molar-refractivity contribution is 0.00632. The van der Waals surface area contributed by atoms with E-state index in [2.05, 4.69) is 31.3 Å². The van der Waals surface area contributed by atoms with Gasteiger partial charge in [0.25, 0.3) is 0 Å². The first kappa shape index (κ1) is 15.8. The molecule has 0 aliphatic heterocycles. The van der Waals surface area contributed by atoms with E-state index in [0.29, 0.717) is 17.8 Å². The van der Waals surface area contributed by atoms with Crippen LogP contribution in [0.1, 0.15) is 40.0 Å². The molecular formula is C14H27N3O2. The molecule has 1 saturated carbocycles. The zero-order chi connectivity index (χ0) is 14.4. The molecule has 0 saturated heterocycles. The summed E-state index contributed by atoms with van der Waals surface area (Å²) in [5.74, 6) is 1.62. The highest BCUT2D eigenvalue weighted by molar-refractivity contribution is 5.68. The van der Waals surface area contributed by atoms with Gasteiger partial charge >= 0.3 is 6.09 Å². The van der Waals surface area contributed by atoms with Crippen molar-refractivity contribution in [3.63, 3.8) is 0 Å². The number of rotatable bonds is 4. The lowest BCUT2D eigenvalue weighted by Gasteiger charge is -2.36. The molecule has 0 heterocycles. The van der Waals surface area contributed by atoms with Gasteiger partial charge in [-0.2, -0.15) is 5.10 Å². The van der Waals surface area contributed by atoms with Crippen molar-refractivity contribution in [3.05, 3.63) is 0 Å². The van der Waals surface area contributed by atoms with E-state index in [9.17, 15) is 4.79 Å². The number of nitrogens with one attached hydrogen (secondary N) is 1. The molecule has 110 valence electrons. The molecule has 1 rings (SSSR count). The van der Waals surface area contributed by atoms with E-state index in [1.165, 1.54) is 12.8 Å². The number of hydrazone groups is 1. The third kappa shape index (κ3) is 5.49. The average molecular weight is 269 g/mol. The summed E-state index contributed by atoms with van der Waals surface area (Å²) in [6.07, 6.45) is 4.40. The second-order valence-corrected chi connectivity index (χ2v) is 6.09. The molecule has 3 atom stereocenters. The van der Waals surface area contributed by atoms with E-state index in [1.807, 2.05) is 14.1 Å². The van der Waals surface area contributed by atoms with Crippen molar-refractivity contribution < 1.29 is 9.53 Å². The van der Waals surface area contributed by atoms with Gasteiger partial charge in [-0.25, -0.2) is 10.2 Å². The first-order valence-corrected chi connectivity index (χ1v) is 7.06. The van der Waals surface area contributed by atoms with Gasteiger partial charge in [0.05, 0.1) is 0 Å². The number of hydrogen-bond acceptors (Lipinski definition) is 3. The number of ether oxygens (including phenoxy) is 1. The molecule has 1 amide bonds. The molecule has 0 aromatic rings. The minimum Gasteiger partial charge on any atom is -0.445 e. The second-order valence-electron chi connectivity index (χ2n) is 6.09. The third-order valence-corrected chi connectivity index (χ3v) is 3.66. The fourth-order valence-electron chi connectivity index (χ4n) is 2.61. The van der Waals surface area contributed by atoms with Crippen molar-refractivity contribution in [2.24, 2.45) is 22.9 Å². The van der Waals surface area contributed by atoms with Crippen molar-refractivity contribution in [1.29, 1.82) is 0 Å². The van der Waals surface area contributed by atoms with Gasteiger partial charge in [0.2, 0.25) is 0 Å². The highest BCUT2D eigenvalue weighted by Crippen LogP contribution is 2.35. The van der Waals surface area contributed by atoms with Crippen LogP contribution in [0, 0.1) is 17.8 Å². The van der Waals surface area contributed by atoms with Crippen molar-refractivity contribution in [2.45, 2.75) is 46.1 Å². The van der Waals surface area contributed by atoms with Crippen molar-refractivity contribution in [2.75, 3.05) is 14.1 Å². The van der Waals surface area contributed by atoms with Gasteiger partial charge in [0, 0.05) is 14.1 Å². The first-order chi connectivity index (χ1) is 8.90. The predicted octanol–water partition coefficient (Wildman–Crippen LogP) is 2.68. The number of amides is 1. The normalized spacial score (nSPS) is 27.6. The summed E-state index contributed by atoms with van der Waals surface area (Å²) >= 11 is 0. The zero-order valence-electron chi connectivity index (χ0n) is 12.7. The molecule has 0 radical (unpaired) electrons. The molecule has 5 nitrogen and oxygen atoms in total. The lowest BCUT2D eigenvalue weighted by atomic mass is 9.75. The summed E-state index contributed by atoms with van der Waals surface area (Å²) < 4.78 is 5.54. The van der Waals surface area contributed by atoms with Gasteiger partial charge in [0.1, 0.15) is 12.4 Å². The molecule has 1 aliphatic carbocycles. The van der Waals surface area contributed by atoms with Gasteiger partial charge in [0.15, 0.2) is 0 Å². The quantitative estimate of drug-likeness (QED) is 0.485. The van der Waals surface area contributed by atoms with Crippen LogP contribution in [-0.2, 0) is 4.74 Å². The SMILES string of the molecule is CC(C)[C@H]1CC[C@H](C)C[C@H]1OC(=O)N/N=C/N(C)C. The molecule has 0 aromatic heterocycles. The second kappa shape index (κ2) is 7.36. The average Bonchev–Trinajstić information content (AvgIpc) is 2.27. The highest BCUT2D eigenvalue weighted by atomic mass is 16.6. The van der Waals surface area contributed by atoms with Gasteiger partial charge in [-0.3, -0.25) is 0 Å². The molecule has 1 N–H and O–H groups in total. The molecule has 0 bridgehead atoms. The standard InChI is InChI=1S/C14H27N3O2/c1-10(2)12-7-6-11(3)8-13(12)19-14(18)16-15-9-17(4)5/h9-13H,6-8H2,1-5H3,(H,16,18)/b15-9+/t11-,12+,13+/m0/s1. The minimum atomic E-state index is -0.456. The Morgan fingerprint density at radius 2 is 2.11 bits per heavy atom. The van der Waals surface area contributed by atoms with Crippen molar-refractivity contribution in [3.8, 4) is 0 Å². The maximum absolute atomic E-state index is 11.7. The predicted molar refractivity (Wildman–Crippen MR) is 76.9 cm³/mol. The number of carbonyl (C=O) groups is 1. The van der Waals surface area contributed by atoms with E-state index < -0.39 is 6.09 Å². The summed E-state index contributed by atoms with van der Waals surface area (Å²) in [5.41, 5.74) is 2.40. The van der Waals surface area contributed by atoms with Gasteiger partial charge in [-0.1, -0.05) is 27.2 Å². The van der Waals surface area contributed by atoms with Gasteiger partial charge < -0.3 is 9.64 Å². The molecule has 1 fully saturated rings. The molecular weight excluding hydrogens is 242 g/mol. The maximum Gasteiger partial charge on any atom is 0.428 e. The largest absolute Gasteiger partial charge is 0.445 e. The Morgan fingerprint density at radius 3 is 2.68 bits per heavy atom. The topological polar surface area (TPSA) is 53.9 Å². The van der Waals surface area contributed by atoms with Crippen LogP contribution < -0.4 is 5.43 Å². The fourth-order valence-corrected chi connectivity index (χ4v) is 2.61. The van der Waals surface area contributed by atoms with E-state index in [0.717, 1.165) is 12.8 Å². The monoisotopic (exact) mass is 269 g/mol. The summed E-state index contributed by atoms with van der Waals surface area (Å²) in [5, 5.41) is 3.80. The van der Waals surface area contributed by atoms with E-state index in [4.69, 9.17) is 4.74 Å². The third-order valence-electron chi connectivity index (χ3n) is 3.66. The maximum atomic E-state index is 11.7. The van der Waals surface area contributed by atoms with E-state index in [1.54, 1.807) is 4.90 Å². The summed E-state index contributed by atoms with van der Waals surface area (Å²) in [6, 6.07) is 0. The smallest absolute Gasteiger partial charge is 0.428 e. The van der Waals surface area contributed by atoms with Crippen LogP contribution in [0.4, 0.5) is 4.79 Å². The van der Waals surface area contributed by atoms with Gasteiger partial charge in [-0.15, -0.1) is 0 Å². The van der Waals surface area contributed by atoms with Crippen LogP contribution in [0.15, 0.2) is 5.10 Å². The van der Waals surface area contributed by atoms with Crippen molar-refractivity contribution >= 4 is 12.4 Å². The first-order valence-electron chi connectivity index (χ1n) is 7.06. The van der Waals surface area contributed by atoms with Crippen LogP contribution in [0.2, 0.25) is 0 Å². The summed E-state index contributed by atoms with van der Waals surface area (Å²) in [4.78, 5) is 13.5. The highest BCUT2D eigenvalue weighted by Gasteiger charge is 2.33. The Balaban J connectivity index is 2.49. The fraction of sp³-hybridized carbons (Fsp3) is 0.857. The molecule has 1 aliphatic rings. The molecule has 0 aromatic carbocycles. The molecule has 0 spiro atoms. The summed E-state index contributed by atoms with van der Waals surface area (Å²) in [7, 11) is 3.68. The molecule has 0 unspecified atom stereocenters.